The van der Waals surface area contributed by atoms with E-state index in [1.54, 1.807) is 0 Å². The Morgan fingerprint density at radius 2 is 1.89 bits per heavy atom. The van der Waals surface area contributed by atoms with Crippen LogP contribution in [0.4, 0.5) is 5.69 Å². The van der Waals surface area contributed by atoms with Gasteiger partial charge in [0.15, 0.2) is 0 Å². The van der Waals surface area contributed by atoms with Crippen molar-refractivity contribution < 1.29 is 8.42 Å². The molecular formula is C12H18Cl2N2O2S. The summed E-state index contributed by atoms with van der Waals surface area (Å²) in [7, 11) is -2.16. The average Bonchev–Trinajstić information content (AvgIpc) is 2.27. The first-order valence-electron chi connectivity index (χ1n) is 6.01. The number of unbranched alkanes of at least 4 members (excludes halogenated alkanes) is 2. The van der Waals surface area contributed by atoms with Crippen molar-refractivity contribution in [2.45, 2.75) is 31.1 Å². The predicted molar refractivity (Wildman–Crippen MR) is 80.2 cm³/mol. The number of halogens is 2. The molecule has 0 atom stereocenters. The molecule has 0 heterocycles. The molecule has 7 heteroatoms. The van der Waals surface area contributed by atoms with Crippen LogP contribution in [0.2, 0.25) is 10.0 Å². The van der Waals surface area contributed by atoms with E-state index in [0.29, 0.717) is 11.6 Å². The summed E-state index contributed by atoms with van der Waals surface area (Å²) < 4.78 is 26.1. The quantitative estimate of drug-likeness (QED) is 0.644. The molecule has 0 aliphatic carbocycles. The molecule has 0 saturated heterocycles. The van der Waals surface area contributed by atoms with E-state index >= 15 is 0 Å². The van der Waals surface area contributed by atoms with Gasteiger partial charge in [-0.25, -0.2) is 12.7 Å². The van der Waals surface area contributed by atoms with Crippen molar-refractivity contribution in [3.63, 3.8) is 0 Å². The van der Waals surface area contributed by atoms with E-state index in [2.05, 4.69) is 6.92 Å². The molecule has 0 saturated carbocycles. The maximum atomic E-state index is 12.4. The zero-order valence-electron chi connectivity index (χ0n) is 11.0. The number of sulfonamides is 1. The maximum absolute atomic E-state index is 12.4. The second kappa shape index (κ2) is 6.79. The molecule has 0 amide bonds. The zero-order valence-corrected chi connectivity index (χ0v) is 13.3. The van der Waals surface area contributed by atoms with Crippen molar-refractivity contribution in [2.24, 2.45) is 0 Å². The molecular weight excluding hydrogens is 307 g/mol. The van der Waals surface area contributed by atoms with E-state index in [1.165, 1.54) is 23.5 Å². The first-order chi connectivity index (χ1) is 8.80. The molecule has 0 radical (unpaired) electrons. The monoisotopic (exact) mass is 324 g/mol. The van der Waals surface area contributed by atoms with E-state index in [1.807, 2.05) is 0 Å². The van der Waals surface area contributed by atoms with Gasteiger partial charge in [-0.15, -0.1) is 0 Å². The van der Waals surface area contributed by atoms with Gasteiger partial charge in [-0.05, 0) is 18.6 Å². The van der Waals surface area contributed by atoms with Crippen molar-refractivity contribution in [3.05, 3.63) is 22.2 Å². The molecule has 0 aromatic heterocycles. The molecule has 1 aromatic carbocycles. The SMILES string of the molecule is CCCCCN(C)S(=O)(=O)c1c(N)cc(Cl)cc1Cl. The number of nitrogens with zero attached hydrogens (tertiary/aromatic N) is 1. The molecule has 108 valence electrons. The Labute approximate surface area is 124 Å². The minimum Gasteiger partial charge on any atom is -0.398 e. The molecule has 0 unspecified atom stereocenters. The van der Waals surface area contributed by atoms with Crippen LogP contribution in [0, 0.1) is 0 Å². The highest BCUT2D eigenvalue weighted by molar-refractivity contribution is 7.89. The Morgan fingerprint density at radius 3 is 2.42 bits per heavy atom. The van der Waals surface area contributed by atoms with Crippen molar-refractivity contribution >= 4 is 38.9 Å². The lowest BCUT2D eigenvalue weighted by Crippen LogP contribution is -2.29. The van der Waals surface area contributed by atoms with Gasteiger partial charge in [0.05, 0.1) is 10.7 Å². The first kappa shape index (κ1) is 16.6. The number of benzene rings is 1. The van der Waals surface area contributed by atoms with Gasteiger partial charge in [-0.3, -0.25) is 0 Å². The lowest BCUT2D eigenvalue weighted by Gasteiger charge is -2.19. The maximum Gasteiger partial charge on any atom is 0.246 e. The summed E-state index contributed by atoms with van der Waals surface area (Å²) >= 11 is 11.7. The Hall–Kier alpha value is -0.490. The lowest BCUT2D eigenvalue weighted by atomic mass is 10.2. The van der Waals surface area contributed by atoms with Gasteiger partial charge in [0, 0.05) is 18.6 Å². The van der Waals surface area contributed by atoms with E-state index in [-0.39, 0.29) is 15.6 Å². The third-order valence-electron chi connectivity index (χ3n) is 2.78. The number of nitrogen functional groups attached to an aromatic ring is 1. The Bertz CT molecular complexity index is 524. The molecule has 1 rings (SSSR count). The molecule has 1 aromatic rings. The van der Waals surface area contributed by atoms with Gasteiger partial charge >= 0.3 is 0 Å². The predicted octanol–water partition coefficient (Wildman–Crippen LogP) is 3.39. The fourth-order valence-corrected chi connectivity index (χ4v) is 3.86. The fraction of sp³-hybridized carbons (Fsp3) is 0.500. The summed E-state index contributed by atoms with van der Waals surface area (Å²) in [4.78, 5) is -0.0717. The molecule has 0 aliphatic heterocycles. The highest BCUT2D eigenvalue weighted by Crippen LogP contribution is 2.32. The average molecular weight is 325 g/mol. The van der Waals surface area contributed by atoms with Crippen LogP contribution in [0.1, 0.15) is 26.2 Å². The van der Waals surface area contributed by atoms with Crippen LogP contribution in [-0.2, 0) is 10.0 Å². The van der Waals surface area contributed by atoms with Crippen molar-refractivity contribution in [1.82, 2.24) is 4.31 Å². The minimum atomic E-state index is -3.68. The second-order valence-corrected chi connectivity index (χ2v) is 7.17. The highest BCUT2D eigenvalue weighted by atomic mass is 35.5. The molecule has 4 nitrogen and oxygen atoms in total. The summed E-state index contributed by atoms with van der Waals surface area (Å²) in [6.45, 7) is 2.50. The molecule has 19 heavy (non-hydrogen) atoms. The number of hydrogen-bond acceptors (Lipinski definition) is 3. The summed E-state index contributed by atoms with van der Waals surface area (Å²) in [5.74, 6) is 0. The summed E-state index contributed by atoms with van der Waals surface area (Å²) in [6.07, 6.45) is 2.80. The minimum absolute atomic E-state index is 0.0485. The Morgan fingerprint density at radius 1 is 1.26 bits per heavy atom. The lowest BCUT2D eigenvalue weighted by molar-refractivity contribution is 0.454. The van der Waals surface area contributed by atoms with Crippen LogP contribution in [0.15, 0.2) is 17.0 Å². The topological polar surface area (TPSA) is 63.4 Å². The van der Waals surface area contributed by atoms with E-state index in [0.717, 1.165) is 19.3 Å². The molecule has 0 spiro atoms. The second-order valence-electron chi connectivity index (χ2n) is 4.34. The largest absolute Gasteiger partial charge is 0.398 e. The Balaban J connectivity index is 3.07. The number of hydrogen-bond donors (Lipinski definition) is 1. The molecule has 0 aliphatic rings. The van der Waals surface area contributed by atoms with Crippen molar-refractivity contribution in [1.29, 1.82) is 0 Å². The highest BCUT2D eigenvalue weighted by Gasteiger charge is 2.26. The number of anilines is 1. The van der Waals surface area contributed by atoms with Gasteiger partial charge in [0.25, 0.3) is 0 Å². The zero-order chi connectivity index (χ0) is 14.6. The van der Waals surface area contributed by atoms with Crippen molar-refractivity contribution in [3.8, 4) is 0 Å². The third-order valence-corrected chi connectivity index (χ3v) is 5.39. The third kappa shape index (κ3) is 3.99. The molecule has 0 bridgehead atoms. The summed E-state index contributed by atoms with van der Waals surface area (Å²) in [6, 6.07) is 2.77. The van der Waals surface area contributed by atoms with Crippen LogP contribution in [0.5, 0.6) is 0 Å². The number of rotatable bonds is 6. The van der Waals surface area contributed by atoms with E-state index < -0.39 is 10.0 Å². The van der Waals surface area contributed by atoms with Gasteiger partial charge in [-0.2, -0.15) is 0 Å². The van der Waals surface area contributed by atoms with Crippen molar-refractivity contribution in [2.75, 3.05) is 19.3 Å². The van der Waals surface area contributed by atoms with Crippen LogP contribution in [0.3, 0.4) is 0 Å². The van der Waals surface area contributed by atoms with E-state index in [9.17, 15) is 8.42 Å². The van der Waals surface area contributed by atoms with Crippen LogP contribution < -0.4 is 5.73 Å². The van der Waals surface area contributed by atoms with Crippen LogP contribution in [-0.4, -0.2) is 26.3 Å². The van der Waals surface area contributed by atoms with Crippen LogP contribution in [0.25, 0.3) is 0 Å². The van der Waals surface area contributed by atoms with Gasteiger partial charge in [0.1, 0.15) is 4.90 Å². The summed E-state index contributed by atoms with van der Waals surface area (Å²) in [5, 5.41) is 0.363. The van der Waals surface area contributed by atoms with Gasteiger partial charge < -0.3 is 5.73 Å². The smallest absolute Gasteiger partial charge is 0.246 e. The molecule has 2 N–H and O–H groups in total. The normalized spacial score (nSPS) is 12.1. The van der Waals surface area contributed by atoms with Crippen LogP contribution >= 0.6 is 23.2 Å². The number of nitrogens with two attached hydrogens (primary N) is 1. The standard InChI is InChI=1S/C12H18Cl2N2O2S/c1-3-4-5-6-16(2)19(17,18)12-10(14)7-9(13)8-11(12)15/h7-8H,3-6,15H2,1-2H3. The fourth-order valence-electron chi connectivity index (χ4n) is 1.71. The van der Waals surface area contributed by atoms with Gasteiger partial charge in [-0.1, -0.05) is 43.0 Å². The van der Waals surface area contributed by atoms with Gasteiger partial charge in [0.2, 0.25) is 10.0 Å². The van der Waals surface area contributed by atoms with E-state index in [4.69, 9.17) is 28.9 Å². The summed E-state index contributed by atoms with van der Waals surface area (Å²) in [5.41, 5.74) is 5.80. The Kier molecular flexibility index (Phi) is 5.92. The molecule has 0 fully saturated rings. The first-order valence-corrected chi connectivity index (χ1v) is 8.21.